The Kier molecular flexibility index (Phi) is 3.08. The van der Waals surface area contributed by atoms with Crippen molar-refractivity contribution in [2.75, 3.05) is 0 Å². The minimum atomic E-state index is -0.484. The first-order valence-electron chi connectivity index (χ1n) is 6.98. The average molecular weight is 284 g/mol. The van der Waals surface area contributed by atoms with Gasteiger partial charge in [-0.1, -0.05) is 11.6 Å². The van der Waals surface area contributed by atoms with Gasteiger partial charge in [0.1, 0.15) is 17.2 Å². The maximum atomic E-state index is 13.9. The maximum absolute atomic E-state index is 13.9. The van der Waals surface area contributed by atoms with E-state index in [-0.39, 0.29) is 16.9 Å². The van der Waals surface area contributed by atoms with E-state index in [0.717, 1.165) is 23.3 Å². The molecular formula is C18H17FO2. The summed E-state index contributed by atoms with van der Waals surface area (Å²) in [5.74, 6) is 0.0349. The number of fused-ring (bicyclic) bond motifs is 1. The monoisotopic (exact) mass is 284 g/mol. The number of hydrogen-bond donors (Lipinski definition) is 0. The van der Waals surface area contributed by atoms with E-state index >= 15 is 0 Å². The number of ketones is 1. The molecule has 2 nitrogen and oxygen atoms in total. The summed E-state index contributed by atoms with van der Waals surface area (Å²) in [6, 6.07) is 9.89. The average Bonchev–Trinajstić information content (AvgIpc) is 2.73. The van der Waals surface area contributed by atoms with Crippen molar-refractivity contribution in [1.29, 1.82) is 0 Å². The van der Waals surface area contributed by atoms with Crippen LogP contribution in [0.15, 0.2) is 36.4 Å². The van der Waals surface area contributed by atoms with Gasteiger partial charge >= 0.3 is 0 Å². The molecule has 3 heteroatoms. The quantitative estimate of drug-likeness (QED) is 0.777. The fourth-order valence-electron chi connectivity index (χ4n) is 2.72. The fraction of sp³-hybridized carbons (Fsp3) is 0.278. The molecule has 0 unspecified atom stereocenters. The molecule has 1 aliphatic rings. The van der Waals surface area contributed by atoms with Crippen LogP contribution in [-0.2, 0) is 6.42 Å². The molecule has 0 saturated heterocycles. The molecule has 0 aliphatic carbocycles. The van der Waals surface area contributed by atoms with Gasteiger partial charge in [-0.05, 0) is 56.7 Å². The number of rotatable bonds is 2. The van der Waals surface area contributed by atoms with Crippen LogP contribution in [-0.4, -0.2) is 11.4 Å². The molecule has 108 valence electrons. The van der Waals surface area contributed by atoms with Crippen molar-refractivity contribution in [3.8, 4) is 5.75 Å². The van der Waals surface area contributed by atoms with E-state index in [1.165, 1.54) is 6.07 Å². The zero-order valence-electron chi connectivity index (χ0n) is 12.4. The highest BCUT2D eigenvalue weighted by Crippen LogP contribution is 2.35. The molecular weight excluding hydrogens is 267 g/mol. The predicted molar refractivity (Wildman–Crippen MR) is 79.4 cm³/mol. The molecule has 21 heavy (non-hydrogen) atoms. The minimum Gasteiger partial charge on any atom is -0.487 e. The molecule has 0 bridgehead atoms. The molecule has 2 aromatic carbocycles. The lowest BCUT2D eigenvalue weighted by atomic mass is 9.96. The van der Waals surface area contributed by atoms with Gasteiger partial charge in [-0.2, -0.15) is 0 Å². The summed E-state index contributed by atoms with van der Waals surface area (Å²) in [7, 11) is 0. The standard InChI is InChI=1S/C18H17FO2/c1-11-4-6-15(19)14(8-11)17(20)12-5-7-16-13(9-12)10-18(2,3)21-16/h4-9H,10H2,1-3H3. The normalized spacial score (nSPS) is 15.4. The second-order valence-electron chi connectivity index (χ2n) is 6.17. The van der Waals surface area contributed by atoms with E-state index < -0.39 is 5.82 Å². The van der Waals surface area contributed by atoms with Crippen LogP contribution in [0.4, 0.5) is 4.39 Å². The van der Waals surface area contributed by atoms with Crippen LogP contribution in [0.3, 0.4) is 0 Å². The lowest BCUT2D eigenvalue weighted by Crippen LogP contribution is -2.24. The highest BCUT2D eigenvalue weighted by molar-refractivity contribution is 6.09. The lowest BCUT2D eigenvalue weighted by molar-refractivity contribution is 0.103. The lowest BCUT2D eigenvalue weighted by Gasteiger charge is -2.16. The summed E-state index contributed by atoms with van der Waals surface area (Å²) in [4.78, 5) is 12.5. The number of carbonyl (C=O) groups excluding carboxylic acids is 1. The van der Waals surface area contributed by atoms with Gasteiger partial charge in [-0.25, -0.2) is 4.39 Å². The first-order chi connectivity index (χ1) is 9.85. The highest BCUT2D eigenvalue weighted by Gasteiger charge is 2.30. The number of carbonyl (C=O) groups is 1. The van der Waals surface area contributed by atoms with Crippen molar-refractivity contribution in [2.24, 2.45) is 0 Å². The maximum Gasteiger partial charge on any atom is 0.195 e. The van der Waals surface area contributed by atoms with Gasteiger partial charge in [-0.15, -0.1) is 0 Å². The Hall–Kier alpha value is -2.16. The van der Waals surface area contributed by atoms with E-state index in [1.54, 1.807) is 24.3 Å². The number of benzene rings is 2. The Morgan fingerprint density at radius 1 is 1.19 bits per heavy atom. The van der Waals surface area contributed by atoms with Gasteiger partial charge in [0.05, 0.1) is 5.56 Å². The van der Waals surface area contributed by atoms with Crippen LogP contribution >= 0.6 is 0 Å². The highest BCUT2D eigenvalue weighted by atomic mass is 19.1. The van der Waals surface area contributed by atoms with Crippen molar-refractivity contribution < 1.29 is 13.9 Å². The predicted octanol–water partition coefficient (Wildman–Crippen LogP) is 4.08. The smallest absolute Gasteiger partial charge is 0.195 e. The third kappa shape index (κ3) is 2.56. The number of ether oxygens (including phenoxy) is 1. The summed E-state index contributed by atoms with van der Waals surface area (Å²) in [6.45, 7) is 5.86. The van der Waals surface area contributed by atoms with Gasteiger partial charge in [-0.3, -0.25) is 4.79 Å². The van der Waals surface area contributed by atoms with Gasteiger partial charge < -0.3 is 4.74 Å². The Balaban J connectivity index is 1.99. The Morgan fingerprint density at radius 3 is 2.71 bits per heavy atom. The summed E-state index contributed by atoms with van der Waals surface area (Å²) in [5, 5.41) is 0. The molecule has 0 fully saturated rings. The molecule has 0 amide bonds. The van der Waals surface area contributed by atoms with Crippen LogP contribution in [0.2, 0.25) is 0 Å². The number of hydrogen-bond acceptors (Lipinski definition) is 2. The molecule has 2 aromatic rings. The van der Waals surface area contributed by atoms with E-state index in [2.05, 4.69) is 0 Å². The summed E-state index contributed by atoms with van der Waals surface area (Å²) in [6.07, 6.45) is 0.750. The molecule has 0 aromatic heterocycles. The molecule has 0 radical (unpaired) electrons. The van der Waals surface area contributed by atoms with E-state index in [4.69, 9.17) is 4.74 Å². The van der Waals surface area contributed by atoms with Crippen molar-refractivity contribution in [3.05, 3.63) is 64.5 Å². The van der Waals surface area contributed by atoms with E-state index in [1.807, 2.05) is 26.8 Å². The zero-order chi connectivity index (χ0) is 15.2. The fourth-order valence-corrected chi connectivity index (χ4v) is 2.72. The second kappa shape index (κ2) is 4.69. The third-order valence-electron chi connectivity index (χ3n) is 3.69. The molecule has 0 spiro atoms. The summed E-state index contributed by atoms with van der Waals surface area (Å²) < 4.78 is 19.6. The summed E-state index contributed by atoms with van der Waals surface area (Å²) >= 11 is 0. The number of halogens is 1. The SMILES string of the molecule is Cc1ccc(F)c(C(=O)c2ccc3c(c2)CC(C)(C)O3)c1. The molecule has 1 heterocycles. The first-order valence-corrected chi connectivity index (χ1v) is 6.98. The van der Waals surface area contributed by atoms with Crippen molar-refractivity contribution >= 4 is 5.78 Å². The van der Waals surface area contributed by atoms with Gasteiger partial charge in [0.2, 0.25) is 0 Å². The molecule has 3 rings (SSSR count). The van der Waals surface area contributed by atoms with E-state index in [0.29, 0.717) is 5.56 Å². The van der Waals surface area contributed by atoms with Crippen LogP contribution in [0.1, 0.15) is 40.9 Å². The largest absolute Gasteiger partial charge is 0.487 e. The number of aryl methyl sites for hydroxylation is 1. The minimum absolute atomic E-state index is 0.119. The third-order valence-corrected chi connectivity index (χ3v) is 3.69. The molecule has 0 saturated carbocycles. The summed E-state index contributed by atoms with van der Waals surface area (Å²) in [5.41, 5.74) is 2.23. The Bertz CT molecular complexity index is 732. The van der Waals surface area contributed by atoms with Crippen molar-refractivity contribution in [1.82, 2.24) is 0 Å². The van der Waals surface area contributed by atoms with Gasteiger partial charge in [0.15, 0.2) is 5.78 Å². The Labute approximate surface area is 123 Å². The molecule has 0 atom stereocenters. The van der Waals surface area contributed by atoms with Gasteiger partial charge in [0, 0.05) is 12.0 Å². The van der Waals surface area contributed by atoms with Crippen LogP contribution in [0, 0.1) is 12.7 Å². The van der Waals surface area contributed by atoms with Gasteiger partial charge in [0.25, 0.3) is 0 Å². The van der Waals surface area contributed by atoms with Crippen molar-refractivity contribution in [2.45, 2.75) is 32.8 Å². The zero-order valence-corrected chi connectivity index (χ0v) is 12.4. The van der Waals surface area contributed by atoms with Crippen LogP contribution in [0.25, 0.3) is 0 Å². The molecule has 1 aliphatic heterocycles. The van der Waals surface area contributed by atoms with E-state index in [9.17, 15) is 9.18 Å². The van der Waals surface area contributed by atoms with Crippen LogP contribution < -0.4 is 4.74 Å². The first kappa shape index (κ1) is 13.8. The topological polar surface area (TPSA) is 26.3 Å². The van der Waals surface area contributed by atoms with Crippen molar-refractivity contribution in [3.63, 3.8) is 0 Å². The Morgan fingerprint density at radius 2 is 1.95 bits per heavy atom. The second-order valence-corrected chi connectivity index (χ2v) is 6.17. The molecule has 0 N–H and O–H groups in total. The van der Waals surface area contributed by atoms with Crippen LogP contribution in [0.5, 0.6) is 5.75 Å².